The summed E-state index contributed by atoms with van der Waals surface area (Å²) in [6, 6.07) is 9.35. The number of rotatable bonds is 2. The highest BCUT2D eigenvalue weighted by Crippen LogP contribution is 2.56. The van der Waals surface area contributed by atoms with Crippen LogP contribution in [0.15, 0.2) is 30.3 Å². The van der Waals surface area contributed by atoms with Crippen molar-refractivity contribution in [1.29, 1.82) is 0 Å². The molecule has 2 rings (SSSR count). The highest BCUT2D eigenvalue weighted by molar-refractivity contribution is 6.65. The molecular weight excluding hydrogens is 200 g/mol. The summed E-state index contributed by atoms with van der Waals surface area (Å²) in [7, 11) is 0. The van der Waals surface area contributed by atoms with Crippen LogP contribution < -0.4 is 0 Å². The summed E-state index contributed by atoms with van der Waals surface area (Å²) in [6.45, 7) is 3.72. The molecule has 0 N–H and O–H groups in total. The number of ether oxygens (including phenoxy) is 1. The normalized spacial score (nSPS) is 28.5. The first-order chi connectivity index (χ1) is 6.51. The molecule has 0 bridgehead atoms. The van der Waals surface area contributed by atoms with E-state index in [1.54, 1.807) is 0 Å². The second-order valence-electron chi connectivity index (χ2n) is 3.93. The molecule has 0 aliphatic carbocycles. The van der Waals surface area contributed by atoms with Gasteiger partial charge in [0.1, 0.15) is 5.60 Å². The van der Waals surface area contributed by atoms with Crippen LogP contribution in [0.1, 0.15) is 19.4 Å². The van der Waals surface area contributed by atoms with Crippen LogP contribution in [0.4, 0.5) is 0 Å². The van der Waals surface area contributed by atoms with Crippen LogP contribution >= 0.6 is 11.6 Å². The lowest BCUT2D eigenvalue weighted by atomic mass is 9.90. The molecular formula is C11H11ClO2. The molecule has 1 atom stereocenters. The van der Waals surface area contributed by atoms with Gasteiger partial charge in [-0.1, -0.05) is 30.3 Å². The Balaban J connectivity index is 2.47. The van der Waals surface area contributed by atoms with Crippen molar-refractivity contribution in [2.45, 2.75) is 25.0 Å². The molecule has 2 nitrogen and oxygen atoms in total. The van der Waals surface area contributed by atoms with Crippen molar-refractivity contribution >= 4 is 16.8 Å². The molecule has 1 fully saturated rings. The van der Waals surface area contributed by atoms with E-state index in [4.69, 9.17) is 16.3 Å². The standard InChI is InChI=1S/C11H11ClO2/c1-10(2)11(14-10,9(12)13)8-6-4-3-5-7-8/h3-7H,1-2H3. The van der Waals surface area contributed by atoms with Crippen molar-refractivity contribution in [2.75, 3.05) is 0 Å². The first-order valence-corrected chi connectivity index (χ1v) is 4.84. The van der Waals surface area contributed by atoms with Gasteiger partial charge in [-0.2, -0.15) is 0 Å². The van der Waals surface area contributed by atoms with Gasteiger partial charge in [-0.25, -0.2) is 0 Å². The van der Waals surface area contributed by atoms with Crippen LogP contribution in [0, 0.1) is 0 Å². The lowest BCUT2D eigenvalue weighted by Gasteiger charge is -2.09. The van der Waals surface area contributed by atoms with Gasteiger partial charge < -0.3 is 4.74 Å². The van der Waals surface area contributed by atoms with Gasteiger partial charge in [0.25, 0.3) is 5.24 Å². The van der Waals surface area contributed by atoms with Crippen molar-refractivity contribution in [1.82, 2.24) is 0 Å². The van der Waals surface area contributed by atoms with Crippen molar-refractivity contribution in [3.63, 3.8) is 0 Å². The second kappa shape index (κ2) is 2.81. The van der Waals surface area contributed by atoms with E-state index in [1.165, 1.54) is 0 Å². The molecule has 1 aliphatic rings. The lowest BCUT2D eigenvalue weighted by molar-refractivity contribution is -0.116. The molecule has 0 radical (unpaired) electrons. The van der Waals surface area contributed by atoms with Gasteiger partial charge >= 0.3 is 0 Å². The van der Waals surface area contributed by atoms with Crippen LogP contribution in [-0.4, -0.2) is 10.8 Å². The number of carbonyl (C=O) groups is 1. The third-order valence-corrected chi connectivity index (χ3v) is 2.94. The SMILES string of the molecule is CC1(C)OC1(C(=O)Cl)c1ccccc1. The Morgan fingerprint density at radius 3 is 2.14 bits per heavy atom. The molecule has 0 aromatic heterocycles. The van der Waals surface area contributed by atoms with E-state index in [2.05, 4.69) is 0 Å². The molecule has 1 unspecified atom stereocenters. The molecule has 1 aromatic rings. The molecule has 1 aliphatic heterocycles. The van der Waals surface area contributed by atoms with Gasteiger partial charge in [0.15, 0.2) is 5.60 Å². The molecule has 1 heterocycles. The van der Waals surface area contributed by atoms with E-state index in [0.29, 0.717) is 0 Å². The summed E-state index contributed by atoms with van der Waals surface area (Å²) in [5, 5.41) is -0.450. The Morgan fingerprint density at radius 1 is 1.29 bits per heavy atom. The Kier molecular flexibility index (Phi) is 1.95. The van der Waals surface area contributed by atoms with Gasteiger partial charge in [-0.15, -0.1) is 0 Å². The number of hydrogen-bond donors (Lipinski definition) is 0. The monoisotopic (exact) mass is 210 g/mol. The third kappa shape index (κ3) is 1.11. The Bertz CT molecular complexity index is 372. The van der Waals surface area contributed by atoms with Crippen LogP contribution in [0.25, 0.3) is 0 Å². The van der Waals surface area contributed by atoms with E-state index in [1.807, 2.05) is 44.2 Å². The molecule has 0 amide bonds. The quantitative estimate of drug-likeness (QED) is 0.554. The van der Waals surface area contributed by atoms with Crippen molar-refractivity contribution in [3.05, 3.63) is 35.9 Å². The Hall–Kier alpha value is -0.860. The highest BCUT2D eigenvalue weighted by atomic mass is 35.5. The zero-order valence-corrected chi connectivity index (χ0v) is 8.84. The van der Waals surface area contributed by atoms with E-state index >= 15 is 0 Å². The fourth-order valence-electron chi connectivity index (χ4n) is 1.83. The van der Waals surface area contributed by atoms with E-state index in [-0.39, 0.29) is 0 Å². The molecule has 1 saturated heterocycles. The maximum Gasteiger partial charge on any atom is 0.261 e. The average Bonchev–Trinajstić information content (AvgIpc) is 2.72. The number of carbonyl (C=O) groups excluding carboxylic acids is 1. The lowest BCUT2D eigenvalue weighted by Crippen LogP contribution is -2.25. The average molecular weight is 211 g/mol. The molecule has 0 spiro atoms. The first kappa shape index (κ1) is 9.69. The summed E-state index contributed by atoms with van der Waals surface area (Å²) in [5.41, 5.74) is -0.604. The predicted octanol–water partition coefficient (Wildman–Crippen LogP) is 2.46. The zero-order chi connectivity index (χ0) is 10.4. The molecule has 74 valence electrons. The molecule has 3 heteroatoms. The van der Waals surface area contributed by atoms with Crippen molar-refractivity contribution in [3.8, 4) is 0 Å². The smallest absolute Gasteiger partial charge is 0.261 e. The maximum atomic E-state index is 11.4. The fraction of sp³-hybridized carbons (Fsp3) is 0.364. The number of halogens is 1. The Morgan fingerprint density at radius 2 is 1.79 bits per heavy atom. The predicted molar refractivity (Wildman–Crippen MR) is 54.1 cm³/mol. The van der Waals surface area contributed by atoms with Crippen LogP contribution in [0.2, 0.25) is 0 Å². The van der Waals surface area contributed by atoms with Crippen LogP contribution in [-0.2, 0) is 15.1 Å². The molecule has 1 aromatic carbocycles. The van der Waals surface area contributed by atoms with Crippen LogP contribution in [0.3, 0.4) is 0 Å². The summed E-state index contributed by atoms with van der Waals surface area (Å²) < 4.78 is 5.46. The number of benzene rings is 1. The van der Waals surface area contributed by atoms with E-state index < -0.39 is 16.4 Å². The van der Waals surface area contributed by atoms with Gasteiger partial charge in [-0.3, -0.25) is 4.79 Å². The largest absolute Gasteiger partial charge is 0.348 e. The van der Waals surface area contributed by atoms with Gasteiger partial charge in [0, 0.05) is 0 Å². The van der Waals surface area contributed by atoms with Crippen LogP contribution in [0.5, 0.6) is 0 Å². The van der Waals surface area contributed by atoms with Crippen molar-refractivity contribution < 1.29 is 9.53 Å². The summed E-state index contributed by atoms with van der Waals surface area (Å²) >= 11 is 5.59. The number of hydrogen-bond acceptors (Lipinski definition) is 2. The summed E-state index contributed by atoms with van der Waals surface area (Å²) in [5.74, 6) is 0. The fourth-order valence-corrected chi connectivity index (χ4v) is 2.20. The minimum atomic E-state index is -0.935. The maximum absolute atomic E-state index is 11.4. The Labute approximate surface area is 87.8 Å². The summed E-state index contributed by atoms with van der Waals surface area (Å²) in [4.78, 5) is 11.4. The second-order valence-corrected chi connectivity index (χ2v) is 4.28. The van der Waals surface area contributed by atoms with Gasteiger partial charge in [0.2, 0.25) is 0 Å². The minimum absolute atomic E-state index is 0.450. The molecule has 14 heavy (non-hydrogen) atoms. The van der Waals surface area contributed by atoms with E-state index in [0.717, 1.165) is 5.56 Å². The number of epoxide rings is 1. The van der Waals surface area contributed by atoms with E-state index in [9.17, 15) is 4.79 Å². The minimum Gasteiger partial charge on any atom is -0.348 e. The van der Waals surface area contributed by atoms with Gasteiger partial charge in [-0.05, 0) is 31.0 Å². The highest BCUT2D eigenvalue weighted by Gasteiger charge is 2.69. The summed E-state index contributed by atoms with van der Waals surface area (Å²) in [6.07, 6.45) is 0. The molecule has 0 saturated carbocycles. The van der Waals surface area contributed by atoms with Crippen molar-refractivity contribution in [2.24, 2.45) is 0 Å². The zero-order valence-electron chi connectivity index (χ0n) is 8.08. The van der Waals surface area contributed by atoms with Gasteiger partial charge in [0.05, 0.1) is 0 Å². The topological polar surface area (TPSA) is 29.6 Å². The third-order valence-electron chi connectivity index (χ3n) is 2.67. The first-order valence-electron chi connectivity index (χ1n) is 4.46.